The summed E-state index contributed by atoms with van der Waals surface area (Å²) in [6, 6.07) is 2.89. The smallest absolute Gasteiger partial charge is 0.323 e. The van der Waals surface area contributed by atoms with Crippen LogP contribution in [0, 0.1) is 5.82 Å². The fraction of sp³-hybridized carbons (Fsp3) is 0.182. The molecule has 0 heterocycles. The van der Waals surface area contributed by atoms with E-state index in [1.54, 1.807) is 0 Å². The highest BCUT2D eigenvalue weighted by atomic mass is 79.9. The Bertz CT molecular complexity index is 536. The first-order valence-electron chi connectivity index (χ1n) is 5.30. The van der Waals surface area contributed by atoms with Crippen molar-refractivity contribution in [3.05, 3.63) is 28.5 Å². The molecule has 1 aromatic rings. The van der Waals surface area contributed by atoms with Crippen LogP contribution in [0.5, 0.6) is 0 Å². The maximum absolute atomic E-state index is 13.0. The van der Waals surface area contributed by atoms with Gasteiger partial charge >= 0.3 is 12.0 Å². The Balaban J connectivity index is 2.81. The Hall–Kier alpha value is -2.16. The molecule has 20 heavy (non-hydrogen) atoms. The number of carboxylic acid groups (broad SMARTS) is 1. The van der Waals surface area contributed by atoms with Crippen LogP contribution in [0.1, 0.15) is 0 Å². The molecule has 0 aliphatic heterocycles. The van der Waals surface area contributed by atoms with Gasteiger partial charge in [0.1, 0.15) is 18.9 Å². The van der Waals surface area contributed by atoms with Crippen molar-refractivity contribution < 1.29 is 23.9 Å². The van der Waals surface area contributed by atoms with Crippen molar-refractivity contribution in [1.82, 2.24) is 4.90 Å². The molecule has 0 aliphatic rings. The monoisotopic (exact) mass is 347 g/mol. The molecule has 7 nitrogen and oxygen atoms in total. The molecule has 3 amide bonds. The number of nitrogens with zero attached hydrogens (tertiary/aromatic N) is 1. The van der Waals surface area contributed by atoms with E-state index in [1.807, 2.05) is 0 Å². The van der Waals surface area contributed by atoms with Gasteiger partial charge in [-0.05, 0) is 34.1 Å². The largest absolute Gasteiger partial charge is 0.480 e. The summed E-state index contributed by atoms with van der Waals surface area (Å²) in [6.07, 6.45) is 0. The minimum absolute atomic E-state index is 0.134. The highest BCUT2D eigenvalue weighted by Gasteiger charge is 2.19. The van der Waals surface area contributed by atoms with Crippen LogP contribution < -0.4 is 11.1 Å². The molecule has 0 aromatic heterocycles. The number of hydrogen-bond acceptors (Lipinski definition) is 3. The number of amides is 3. The number of urea groups is 1. The van der Waals surface area contributed by atoms with Crippen molar-refractivity contribution in [3.63, 3.8) is 0 Å². The lowest BCUT2D eigenvalue weighted by molar-refractivity contribution is -0.137. The van der Waals surface area contributed by atoms with Crippen molar-refractivity contribution in [2.24, 2.45) is 5.73 Å². The van der Waals surface area contributed by atoms with E-state index in [-0.39, 0.29) is 10.2 Å². The highest BCUT2D eigenvalue weighted by molar-refractivity contribution is 9.10. The summed E-state index contributed by atoms with van der Waals surface area (Å²) in [7, 11) is 0. The average Bonchev–Trinajstić information content (AvgIpc) is 2.32. The number of anilines is 1. The zero-order valence-corrected chi connectivity index (χ0v) is 11.7. The summed E-state index contributed by atoms with van der Waals surface area (Å²) in [5.41, 5.74) is 5.17. The third-order valence-electron chi connectivity index (χ3n) is 2.13. The van der Waals surface area contributed by atoms with E-state index < -0.39 is 36.8 Å². The normalized spacial score (nSPS) is 9.90. The minimum Gasteiger partial charge on any atom is -0.480 e. The predicted molar refractivity (Wildman–Crippen MR) is 71.5 cm³/mol. The van der Waals surface area contributed by atoms with Gasteiger partial charge in [-0.15, -0.1) is 0 Å². The molecule has 1 rings (SSSR count). The van der Waals surface area contributed by atoms with Crippen LogP contribution in [0.15, 0.2) is 22.7 Å². The standard InChI is InChI=1S/C11H11BrFN3O4/c12-7-3-6(1-2-8(7)13)15-11(20)16(4-9(14)17)5-10(18)19/h1-3H,4-5H2,(H2,14,17)(H,15,20)(H,18,19). The number of carboxylic acids is 1. The average molecular weight is 348 g/mol. The zero-order chi connectivity index (χ0) is 15.3. The lowest BCUT2D eigenvalue weighted by Gasteiger charge is -2.19. The number of aliphatic carboxylic acids is 1. The lowest BCUT2D eigenvalue weighted by atomic mass is 10.3. The summed E-state index contributed by atoms with van der Waals surface area (Å²) in [4.78, 5) is 34.0. The molecule has 0 fully saturated rings. The molecule has 0 radical (unpaired) electrons. The number of nitrogens with two attached hydrogens (primary N) is 1. The minimum atomic E-state index is -1.29. The quantitative estimate of drug-likeness (QED) is 0.737. The number of benzene rings is 1. The van der Waals surface area contributed by atoms with Gasteiger partial charge in [0.25, 0.3) is 0 Å². The second kappa shape index (κ2) is 6.85. The number of hydrogen-bond donors (Lipinski definition) is 3. The second-order valence-corrected chi connectivity index (χ2v) is 4.63. The Morgan fingerprint density at radius 2 is 2.00 bits per heavy atom. The van der Waals surface area contributed by atoms with Crippen molar-refractivity contribution in [2.75, 3.05) is 18.4 Å². The Morgan fingerprint density at radius 1 is 1.35 bits per heavy atom. The van der Waals surface area contributed by atoms with Crippen LogP contribution >= 0.6 is 15.9 Å². The van der Waals surface area contributed by atoms with Crippen LogP contribution in [0.3, 0.4) is 0 Å². The van der Waals surface area contributed by atoms with E-state index in [2.05, 4.69) is 21.2 Å². The maximum Gasteiger partial charge on any atom is 0.323 e. The summed E-state index contributed by atoms with van der Waals surface area (Å²) in [6.45, 7) is -1.22. The van der Waals surface area contributed by atoms with E-state index in [1.165, 1.54) is 12.1 Å². The van der Waals surface area contributed by atoms with Gasteiger partial charge in [-0.2, -0.15) is 0 Å². The molecular formula is C11H11BrFN3O4. The fourth-order valence-electron chi connectivity index (χ4n) is 1.33. The van der Waals surface area contributed by atoms with E-state index in [4.69, 9.17) is 10.8 Å². The molecule has 0 saturated carbocycles. The van der Waals surface area contributed by atoms with Gasteiger partial charge in [-0.1, -0.05) is 0 Å². The third kappa shape index (κ3) is 4.84. The zero-order valence-electron chi connectivity index (χ0n) is 10.1. The van der Waals surface area contributed by atoms with Crippen LogP contribution in [0.2, 0.25) is 0 Å². The summed E-state index contributed by atoms with van der Waals surface area (Å²) < 4.78 is 13.2. The Labute approximate surface area is 121 Å². The molecule has 0 atom stereocenters. The summed E-state index contributed by atoms with van der Waals surface area (Å²) in [5, 5.41) is 11.0. The highest BCUT2D eigenvalue weighted by Crippen LogP contribution is 2.20. The first-order valence-corrected chi connectivity index (χ1v) is 6.10. The van der Waals surface area contributed by atoms with E-state index in [0.717, 1.165) is 11.0 Å². The van der Waals surface area contributed by atoms with Crippen LogP contribution in [0.4, 0.5) is 14.9 Å². The molecule has 0 aliphatic carbocycles. The second-order valence-electron chi connectivity index (χ2n) is 3.78. The molecule has 1 aromatic carbocycles. The van der Waals surface area contributed by atoms with E-state index in [9.17, 15) is 18.8 Å². The van der Waals surface area contributed by atoms with Crippen molar-refractivity contribution in [3.8, 4) is 0 Å². The SMILES string of the molecule is NC(=O)CN(CC(=O)O)C(=O)Nc1ccc(F)c(Br)c1. The summed E-state index contributed by atoms with van der Waals surface area (Å²) in [5.74, 6) is -2.65. The first-order chi connectivity index (χ1) is 9.29. The molecule has 108 valence electrons. The maximum atomic E-state index is 13.0. The van der Waals surface area contributed by atoms with Crippen molar-refractivity contribution in [1.29, 1.82) is 0 Å². The van der Waals surface area contributed by atoms with Gasteiger partial charge in [-0.25, -0.2) is 9.18 Å². The van der Waals surface area contributed by atoms with Crippen molar-refractivity contribution >= 4 is 39.5 Å². The third-order valence-corrected chi connectivity index (χ3v) is 2.74. The Kier molecular flexibility index (Phi) is 5.44. The molecule has 0 unspecified atom stereocenters. The molecule has 4 N–H and O–H groups in total. The van der Waals surface area contributed by atoms with Crippen LogP contribution in [-0.4, -0.2) is 41.0 Å². The fourth-order valence-corrected chi connectivity index (χ4v) is 1.71. The molecule has 0 bridgehead atoms. The van der Waals surface area contributed by atoms with Gasteiger partial charge in [-0.3, -0.25) is 9.59 Å². The van der Waals surface area contributed by atoms with Gasteiger partial charge in [0.05, 0.1) is 4.47 Å². The number of halogens is 2. The molecule has 0 spiro atoms. The number of nitrogens with one attached hydrogen (secondary N) is 1. The molecule has 0 saturated heterocycles. The van der Waals surface area contributed by atoms with E-state index >= 15 is 0 Å². The number of rotatable bonds is 5. The topological polar surface area (TPSA) is 113 Å². The van der Waals surface area contributed by atoms with Gasteiger partial charge in [0.15, 0.2) is 0 Å². The number of carbonyl (C=O) groups excluding carboxylic acids is 2. The van der Waals surface area contributed by atoms with Gasteiger partial charge < -0.3 is 21.1 Å². The summed E-state index contributed by atoms with van der Waals surface area (Å²) >= 11 is 2.95. The first kappa shape index (κ1) is 15.9. The van der Waals surface area contributed by atoms with Crippen molar-refractivity contribution in [2.45, 2.75) is 0 Å². The van der Waals surface area contributed by atoms with Crippen LogP contribution in [0.25, 0.3) is 0 Å². The van der Waals surface area contributed by atoms with Gasteiger partial charge in [0.2, 0.25) is 5.91 Å². The Morgan fingerprint density at radius 3 is 2.50 bits per heavy atom. The molecule has 9 heteroatoms. The predicted octanol–water partition coefficient (Wildman–Crippen LogP) is 0.992. The lowest BCUT2D eigenvalue weighted by Crippen LogP contribution is -2.43. The van der Waals surface area contributed by atoms with E-state index in [0.29, 0.717) is 0 Å². The molecular weight excluding hydrogens is 337 g/mol. The van der Waals surface area contributed by atoms with Crippen LogP contribution in [-0.2, 0) is 9.59 Å². The van der Waals surface area contributed by atoms with Gasteiger partial charge in [0, 0.05) is 5.69 Å². The number of primary amides is 1. The number of carbonyl (C=O) groups is 3.